The molecule has 0 atom stereocenters. The number of hydrazine groups is 1. The lowest BCUT2D eigenvalue weighted by Gasteiger charge is -2.20. The van der Waals surface area contributed by atoms with Gasteiger partial charge in [-0.05, 0) is 24.5 Å². The van der Waals surface area contributed by atoms with E-state index in [4.69, 9.17) is 5.84 Å². The van der Waals surface area contributed by atoms with Crippen LogP contribution in [0, 0.1) is 0 Å². The van der Waals surface area contributed by atoms with E-state index in [-0.39, 0.29) is 0 Å². The first kappa shape index (κ1) is 9.01. The summed E-state index contributed by atoms with van der Waals surface area (Å²) in [6.45, 7) is 0. The average molecular weight is 224 g/mol. The van der Waals surface area contributed by atoms with Crippen molar-refractivity contribution in [3.63, 3.8) is 0 Å². The molecule has 0 spiro atoms. The molecule has 2 aromatic heterocycles. The van der Waals surface area contributed by atoms with Crippen LogP contribution in [0.25, 0.3) is 21.8 Å². The van der Waals surface area contributed by atoms with Crippen molar-refractivity contribution < 1.29 is 0 Å². The van der Waals surface area contributed by atoms with E-state index in [0.717, 1.165) is 29.7 Å². The van der Waals surface area contributed by atoms with E-state index >= 15 is 0 Å². The summed E-state index contributed by atoms with van der Waals surface area (Å²) < 4.78 is 0. The number of aromatic nitrogens is 2. The van der Waals surface area contributed by atoms with Crippen LogP contribution in [0.15, 0.2) is 24.3 Å². The Morgan fingerprint density at radius 2 is 2.12 bits per heavy atom. The van der Waals surface area contributed by atoms with Crippen LogP contribution in [0.5, 0.6) is 0 Å². The molecule has 0 radical (unpaired) electrons. The lowest BCUT2D eigenvalue weighted by atomic mass is 9.90. The van der Waals surface area contributed by atoms with Crippen molar-refractivity contribution >= 4 is 27.6 Å². The molecule has 4 rings (SSSR count). The van der Waals surface area contributed by atoms with E-state index in [9.17, 15) is 0 Å². The van der Waals surface area contributed by atoms with E-state index < -0.39 is 0 Å². The topological polar surface area (TPSA) is 66.7 Å². The summed E-state index contributed by atoms with van der Waals surface area (Å²) in [5.41, 5.74) is 7.40. The molecule has 84 valence electrons. The molecule has 4 nitrogen and oxygen atoms in total. The molecule has 1 aliphatic rings. The molecule has 0 unspecified atom stereocenters. The van der Waals surface area contributed by atoms with Gasteiger partial charge < -0.3 is 10.4 Å². The van der Waals surface area contributed by atoms with Crippen LogP contribution in [0.1, 0.15) is 11.3 Å². The van der Waals surface area contributed by atoms with Gasteiger partial charge in [0, 0.05) is 22.0 Å². The van der Waals surface area contributed by atoms with Crippen molar-refractivity contribution in [1.29, 1.82) is 0 Å². The SMILES string of the molecule is NNc1nc2c(c3c1[nH]c1ccccc13)CC2. The van der Waals surface area contributed by atoms with Gasteiger partial charge in [-0.1, -0.05) is 18.2 Å². The lowest BCUT2D eigenvalue weighted by molar-refractivity contribution is 0.803. The van der Waals surface area contributed by atoms with Crippen molar-refractivity contribution in [2.24, 2.45) is 5.84 Å². The molecule has 4 heteroatoms. The summed E-state index contributed by atoms with van der Waals surface area (Å²) in [4.78, 5) is 7.93. The first-order valence-corrected chi connectivity index (χ1v) is 5.77. The number of pyridine rings is 1. The van der Waals surface area contributed by atoms with Gasteiger partial charge in [0.1, 0.15) is 0 Å². The maximum Gasteiger partial charge on any atom is 0.164 e. The molecule has 1 aliphatic carbocycles. The first-order valence-electron chi connectivity index (χ1n) is 5.77. The number of H-pyrrole nitrogens is 1. The highest BCUT2D eigenvalue weighted by molar-refractivity contribution is 6.12. The monoisotopic (exact) mass is 224 g/mol. The molecule has 4 N–H and O–H groups in total. The van der Waals surface area contributed by atoms with Crippen molar-refractivity contribution in [3.8, 4) is 0 Å². The molecular formula is C13H12N4. The maximum absolute atomic E-state index is 5.55. The van der Waals surface area contributed by atoms with Gasteiger partial charge in [-0.2, -0.15) is 0 Å². The Bertz CT molecular complexity index is 742. The maximum atomic E-state index is 5.55. The number of nitrogens with two attached hydrogens (primary N) is 1. The summed E-state index contributed by atoms with van der Waals surface area (Å²) in [6, 6.07) is 8.33. The molecule has 0 saturated carbocycles. The second-order valence-electron chi connectivity index (χ2n) is 4.45. The third-order valence-corrected chi connectivity index (χ3v) is 3.59. The first-order chi connectivity index (χ1) is 8.38. The van der Waals surface area contributed by atoms with Crippen molar-refractivity contribution in [3.05, 3.63) is 35.5 Å². The third-order valence-electron chi connectivity index (χ3n) is 3.59. The average Bonchev–Trinajstić information content (AvgIpc) is 2.69. The number of nitrogens with one attached hydrogen (secondary N) is 2. The number of hydrogen-bond acceptors (Lipinski definition) is 3. The van der Waals surface area contributed by atoms with Crippen molar-refractivity contribution in [1.82, 2.24) is 9.97 Å². The molecule has 3 aromatic rings. The number of fused-ring (bicyclic) bond motifs is 5. The fraction of sp³-hybridized carbons (Fsp3) is 0.154. The van der Waals surface area contributed by atoms with Gasteiger partial charge in [0.25, 0.3) is 0 Å². The molecular weight excluding hydrogens is 212 g/mol. The number of aromatic amines is 1. The van der Waals surface area contributed by atoms with Crippen LogP contribution in [-0.2, 0) is 12.8 Å². The van der Waals surface area contributed by atoms with Gasteiger partial charge in [0.15, 0.2) is 5.82 Å². The number of aryl methyl sites for hydroxylation is 2. The van der Waals surface area contributed by atoms with E-state index in [0.29, 0.717) is 0 Å². The van der Waals surface area contributed by atoms with Crippen LogP contribution in [0.2, 0.25) is 0 Å². The van der Waals surface area contributed by atoms with E-state index in [1.165, 1.54) is 22.0 Å². The lowest BCUT2D eigenvalue weighted by Crippen LogP contribution is -2.16. The van der Waals surface area contributed by atoms with E-state index in [2.05, 4.69) is 33.6 Å². The Morgan fingerprint density at radius 1 is 1.24 bits per heavy atom. The standard InChI is InChI=1S/C13H12N4/c14-17-13-12-11(8-5-6-10(8)16-13)7-3-1-2-4-9(7)15-12/h1-4,15H,5-6,14H2,(H,16,17). The van der Waals surface area contributed by atoms with E-state index in [1.54, 1.807) is 0 Å². The molecule has 17 heavy (non-hydrogen) atoms. The number of nitrogens with zero attached hydrogens (tertiary/aromatic N) is 1. The zero-order valence-electron chi connectivity index (χ0n) is 9.25. The number of nitrogen functional groups attached to an aromatic ring is 1. The van der Waals surface area contributed by atoms with Gasteiger partial charge in [0.05, 0.1) is 5.52 Å². The predicted molar refractivity (Wildman–Crippen MR) is 68.8 cm³/mol. The van der Waals surface area contributed by atoms with Crippen molar-refractivity contribution in [2.45, 2.75) is 12.8 Å². The molecule has 0 amide bonds. The molecule has 0 fully saturated rings. The highest BCUT2D eigenvalue weighted by atomic mass is 15.3. The largest absolute Gasteiger partial charge is 0.351 e. The molecule has 0 aliphatic heterocycles. The second kappa shape index (κ2) is 2.99. The minimum absolute atomic E-state index is 0.745. The number of rotatable bonds is 1. The molecule has 0 bridgehead atoms. The summed E-state index contributed by atoms with van der Waals surface area (Å²) in [5, 5.41) is 2.54. The van der Waals surface area contributed by atoms with Crippen LogP contribution < -0.4 is 11.3 Å². The minimum atomic E-state index is 0.745. The number of benzene rings is 1. The second-order valence-corrected chi connectivity index (χ2v) is 4.45. The zero-order valence-corrected chi connectivity index (χ0v) is 9.25. The van der Waals surface area contributed by atoms with Gasteiger partial charge in [-0.3, -0.25) is 0 Å². The van der Waals surface area contributed by atoms with Gasteiger partial charge >= 0.3 is 0 Å². The summed E-state index contributed by atoms with van der Waals surface area (Å²) in [5.74, 6) is 6.29. The third kappa shape index (κ3) is 1.03. The Morgan fingerprint density at radius 3 is 2.88 bits per heavy atom. The number of hydrogen-bond donors (Lipinski definition) is 3. The van der Waals surface area contributed by atoms with Crippen molar-refractivity contribution in [2.75, 3.05) is 5.43 Å². The van der Waals surface area contributed by atoms with Crippen LogP contribution in [0.3, 0.4) is 0 Å². The Kier molecular flexibility index (Phi) is 1.58. The van der Waals surface area contributed by atoms with Gasteiger partial charge in [-0.25, -0.2) is 10.8 Å². The van der Waals surface area contributed by atoms with Crippen LogP contribution in [0.4, 0.5) is 5.82 Å². The van der Waals surface area contributed by atoms with E-state index in [1.807, 2.05) is 6.07 Å². The fourth-order valence-electron chi connectivity index (χ4n) is 2.68. The molecule has 0 saturated heterocycles. The highest BCUT2D eigenvalue weighted by Gasteiger charge is 2.23. The Balaban J connectivity index is 2.28. The van der Waals surface area contributed by atoms with Crippen LogP contribution in [-0.4, -0.2) is 9.97 Å². The number of anilines is 1. The zero-order chi connectivity index (χ0) is 11.4. The normalized spacial score (nSPS) is 13.7. The predicted octanol–water partition coefficient (Wildman–Crippen LogP) is 2.10. The Labute approximate surface area is 97.8 Å². The quantitative estimate of drug-likeness (QED) is 0.438. The smallest absolute Gasteiger partial charge is 0.164 e. The molecule has 1 aromatic carbocycles. The summed E-state index contributed by atoms with van der Waals surface area (Å²) in [7, 11) is 0. The van der Waals surface area contributed by atoms with Crippen LogP contribution >= 0.6 is 0 Å². The number of para-hydroxylation sites is 1. The minimum Gasteiger partial charge on any atom is -0.351 e. The highest BCUT2D eigenvalue weighted by Crippen LogP contribution is 2.37. The fourth-order valence-corrected chi connectivity index (χ4v) is 2.68. The molecule has 2 heterocycles. The summed E-state index contributed by atoms with van der Waals surface area (Å²) in [6.07, 6.45) is 2.17. The van der Waals surface area contributed by atoms with Gasteiger partial charge in [0.2, 0.25) is 0 Å². The van der Waals surface area contributed by atoms with Gasteiger partial charge in [-0.15, -0.1) is 0 Å². The summed E-state index contributed by atoms with van der Waals surface area (Å²) >= 11 is 0. The Hall–Kier alpha value is -2.07.